The molecule has 0 atom stereocenters. The maximum absolute atomic E-state index is 5.92. The second-order valence-electron chi connectivity index (χ2n) is 4.73. The fourth-order valence-corrected chi connectivity index (χ4v) is 3.04. The molecular formula is C15H16N4OS. The molecule has 0 radical (unpaired) electrons. The molecule has 0 spiro atoms. The van der Waals surface area contributed by atoms with Gasteiger partial charge in [-0.3, -0.25) is 0 Å². The standard InChI is InChI=1S/C15H16N4OS/c1-9-5-11-14(18-8-19-15(11)21-9)17-7-10-3-4-13(20-2)12(16)6-10/h3-6,8H,7,16H2,1-2H3,(H,17,18,19). The highest BCUT2D eigenvalue weighted by Gasteiger charge is 2.07. The van der Waals surface area contributed by atoms with Crippen molar-refractivity contribution in [2.24, 2.45) is 0 Å². The van der Waals surface area contributed by atoms with Crippen molar-refractivity contribution in [3.63, 3.8) is 0 Å². The van der Waals surface area contributed by atoms with Crippen LogP contribution in [0.3, 0.4) is 0 Å². The van der Waals surface area contributed by atoms with Gasteiger partial charge in [0.15, 0.2) is 0 Å². The largest absolute Gasteiger partial charge is 0.495 e. The highest BCUT2D eigenvalue weighted by Crippen LogP contribution is 2.28. The first-order valence-corrected chi connectivity index (χ1v) is 7.36. The van der Waals surface area contributed by atoms with Gasteiger partial charge in [-0.25, -0.2) is 9.97 Å². The van der Waals surface area contributed by atoms with E-state index < -0.39 is 0 Å². The first kappa shape index (κ1) is 13.6. The van der Waals surface area contributed by atoms with E-state index in [0.29, 0.717) is 18.0 Å². The molecule has 3 rings (SSSR count). The summed E-state index contributed by atoms with van der Waals surface area (Å²) in [6, 6.07) is 7.86. The van der Waals surface area contributed by atoms with Gasteiger partial charge in [-0.1, -0.05) is 6.07 Å². The van der Waals surface area contributed by atoms with Gasteiger partial charge >= 0.3 is 0 Å². The van der Waals surface area contributed by atoms with Crippen LogP contribution in [0, 0.1) is 6.92 Å². The molecule has 0 saturated carbocycles. The van der Waals surface area contributed by atoms with Crippen LogP contribution in [-0.2, 0) is 6.54 Å². The van der Waals surface area contributed by atoms with Crippen molar-refractivity contribution in [3.05, 3.63) is 41.0 Å². The third-order valence-electron chi connectivity index (χ3n) is 3.21. The number of rotatable bonds is 4. The predicted molar refractivity (Wildman–Crippen MR) is 86.9 cm³/mol. The number of anilines is 2. The maximum Gasteiger partial charge on any atom is 0.141 e. The van der Waals surface area contributed by atoms with Gasteiger partial charge in [-0.15, -0.1) is 11.3 Å². The smallest absolute Gasteiger partial charge is 0.141 e. The monoisotopic (exact) mass is 300 g/mol. The molecular weight excluding hydrogens is 284 g/mol. The zero-order valence-electron chi connectivity index (χ0n) is 11.9. The Labute approximate surface area is 126 Å². The number of hydrogen-bond donors (Lipinski definition) is 2. The van der Waals surface area contributed by atoms with Crippen LogP contribution >= 0.6 is 11.3 Å². The number of methoxy groups -OCH3 is 1. The molecule has 0 bridgehead atoms. The van der Waals surface area contributed by atoms with E-state index in [2.05, 4.69) is 28.3 Å². The van der Waals surface area contributed by atoms with Gasteiger partial charge in [0.25, 0.3) is 0 Å². The first-order chi connectivity index (χ1) is 10.2. The van der Waals surface area contributed by atoms with E-state index in [1.165, 1.54) is 4.88 Å². The number of nitrogens with two attached hydrogens (primary N) is 1. The van der Waals surface area contributed by atoms with Gasteiger partial charge in [-0.2, -0.15) is 0 Å². The number of nitrogens with zero attached hydrogens (tertiary/aromatic N) is 2. The Balaban J connectivity index is 1.81. The van der Waals surface area contributed by atoms with Gasteiger partial charge in [0, 0.05) is 11.4 Å². The van der Waals surface area contributed by atoms with Gasteiger partial charge in [-0.05, 0) is 30.7 Å². The molecule has 3 N–H and O–H groups in total. The highest BCUT2D eigenvalue weighted by atomic mass is 32.1. The minimum Gasteiger partial charge on any atom is -0.495 e. The van der Waals surface area contributed by atoms with E-state index in [9.17, 15) is 0 Å². The van der Waals surface area contributed by atoms with Gasteiger partial charge < -0.3 is 15.8 Å². The molecule has 5 nitrogen and oxygen atoms in total. The van der Waals surface area contributed by atoms with Crippen LogP contribution in [0.4, 0.5) is 11.5 Å². The lowest BCUT2D eigenvalue weighted by Crippen LogP contribution is -2.03. The average Bonchev–Trinajstić information content (AvgIpc) is 2.86. The molecule has 2 heterocycles. The van der Waals surface area contributed by atoms with E-state index in [0.717, 1.165) is 21.6 Å². The molecule has 108 valence electrons. The van der Waals surface area contributed by atoms with Crippen molar-refractivity contribution >= 4 is 33.1 Å². The molecule has 0 saturated heterocycles. The molecule has 0 amide bonds. The van der Waals surface area contributed by atoms with Crippen LogP contribution in [-0.4, -0.2) is 17.1 Å². The molecule has 0 unspecified atom stereocenters. The number of nitrogens with one attached hydrogen (secondary N) is 1. The topological polar surface area (TPSA) is 73.1 Å². The number of benzene rings is 1. The Bertz CT molecular complexity index is 784. The van der Waals surface area contributed by atoms with Gasteiger partial charge in [0.05, 0.1) is 18.2 Å². The number of fused-ring (bicyclic) bond motifs is 1. The molecule has 6 heteroatoms. The lowest BCUT2D eigenvalue weighted by atomic mass is 10.2. The summed E-state index contributed by atoms with van der Waals surface area (Å²) >= 11 is 1.67. The summed E-state index contributed by atoms with van der Waals surface area (Å²) in [6.07, 6.45) is 1.59. The van der Waals surface area contributed by atoms with Gasteiger partial charge in [0.2, 0.25) is 0 Å². The SMILES string of the molecule is COc1ccc(CNc2ncnc3sc(C)cc23)cc1N. The van der Waals surface area contributed by atoms with Crippen LogP contribution in [0.15, 0.2) is 30.6 Å². The summed E-state index contributed by atoms with van der Waals surface area (Å²) in [6.45, 7) is 2.72. The van der Waals surface area contributed by atoms with Crippen LogP contribution in [0.2, 0.25) is 0 Å². The minimum absolute atomic E-state index is 0.635. The lowest BCUT2D eigenvalue weighted by molar-refractivity contribution is 0.417. The van der Waals surface area contributed by atoms with Crippen LogP contribution in [0.5, 0.6) is 5.75 Å². The van der Waals surface area contributed by atoms with Crippen molar-refractivity contribution < 1.29 is 4.74 Å². The summed E-state index contributed by atoms with van der Waals surface area (Å²) in [5.74, 6) is 1.54. The number of hydrogen-bond acceptors (Lipinski definition) is 6. The quantitative estimate of drug-likeness (QED) is 0.724. The van der Waals surface area contributed by atoms with Crippen LogP contribution in [0.25, 0.3) is 10.2 Å². The molecule has 3 aromatic rings. The Morgan fingerprint density at radius 2 is 2.14 bits per heavy atom. The van der Waals surface area contributed by atoms with Crippen molar-refractivity contribution in [3.8, 4) is 5.75 Å². The third kappa shape index (κ3) is 2.75. The normalized spacial score (nSPS) is 10.8. The summed E-state index contributed by atoms with van der Waals surface area (Å²) in [5, 5.41) is 4.40. The number of aryl methyl sites for hydroxylation is 1. The summed E-state index contributed by atoms with van der Waals surface area (Å²) in [7, 11) is 1.61. The Morgan fingerprint density at radius 1 is 1.29 bits per heavy atom. The maximum atomic E-state index is 5.92. The fourth-order valence-electron chi connectivity index (χ4n) is 2.20. The zero-order chi connectivity index (χ0) is 14.8. The van der Waals surface area contributed by atoms with Crippen LogP contribution in [0.1, 0.15) is 10.4 Å². The van der Waals surface area contributed by atoms with Crippen molar-refractivity contribution in [2.45, 2.75) is 13.5 Å². The fraction of sp³-hybridized carbons (Fsp3) is 0.200. The molecule has 0 aliphatic carbocycles. The van der Waals surface area contributed by atoms with Crippen molar-refractivity contribution in [2.75, 3.05) is 18.2 Å². The average molecular weight is 300 g/mol. The predicted octanol–water partition coefficient (Wildman–Crippen LogP) is 3.20. The second-order valence-corrected chi connectivity index (χ2v) is 5.96. The first-order valence-electron chi connectivity index (χ1n) is 6.55. The Morgan fingerprint density at radius 3 is 2.90 bits per heavy atom. The second kappa shape index (κ2) is 5.57. The van der Waals surface area contributed by atoms with E-state index >= 15 is 0 Å². The molecule has 0 fully saturated rings. The number of thiophene rings is 1. The molecule has 0 aliphatic heterocycles. The highest BCUT2D eigenvalue weighted by molar-refractivity contribution is 7.18. The zero-order valence-corrected chi connectivity index (χ0v) is 12.7. The molecule has 0 aliphatic rings. The van der Waals surface area contributed by atoms with E-state index in [1.54, 1.807) is 24.8 Å². The van der Waals surface area contributed by atoms with Crippen molar-refractivity contribution in [1.29, 1.82) is 0 Å². The van der Waals surface area contributed by atoms with Crippen molar-refractivity contribution in [1.82, 2.24) is 9.97 Å². The number of ether oxygens (including phenoxy) is 1. The summed E-state index contributed by atoms with van der Waals surface area (Å²) in [5.41, 5.74) is 7.63. The molecule has 1 aromatic carbocycles. The number of aromatic nitrogens is 2. The van der Waals surface area contributed by atoms with Gasteiger partial charge in [0.1, 0.15) is 22.7 Å². The van der Waals surface area contributed by atoms with Crippen LogP contribution < -0.4 is 15.8 Å². The van der Waals surface area contributed by atoms with E-state index in [1.807, 2.05) is 18.2 Å². The summed E-state index contributed by atoms with van der Waals surface area (Å²) < 4.78 is 5.16. The summed E-state index contributed by atoms with van der Waals surface area (Å²) in [4.78, 5) is 10.8. The third-order valence-corrected chi connectivity index (χ3v) is 4.17. The minimum atomic E-state index is 0.635. The Kier molecular flexibility index (Phi) is 3.62. The van der Waals surface area contributed by atoms with E-state index in [4.69, 9.17) is 10.5 Å². The van der Waals surface area contributed by atoms with E-state index in [-0.39, 0.29) is 0 Å². The Hall–Kier alpha value is -2.34. The molecule has 2 aromatic heterocycles. The lowest BCUT2D eigenvalue weighted by Gasteiger charge is -2.09. The molecule has 21 heavy (non-hydrogen) atoms. The number of nitrogen functional groups attached to an aromatic ring is 1.